The lowest BCUT2D eigenvalue weighted by Gasteiger charge is -2.72. The van der Waals surface area contributed by atoms with Crippen LogP contribution in [-0.2, 0) is 14.3 Å². The molecule has 0 N–H and O–H groups in total. The number of hydrogen-bond acceptors (Lipinski definition) is 3. The highest BCUT2D eigenvalue weighted by molar-refractivity contribution is 5.66. The minimum Gasteiger partial charge on any atom is -0.462 e. The first-order valence-electron chi connectivity index (χ1n) is 14.6. The van der Waals surface area contributed by atoms with Crippen molar-refractivity contribution < 1.29 is 14.3 Å². The molecule has 0 spiro atoms. The normalized spacial score (nSPS) is 52.3. The van der Waals surface area contributed by atoms with Gasteiger partial charge in [-0.15, -0.1) is 0 Å². The van der Waals surface area contributed by atoms with Crippen molar-refractivity contribution >= 4 is 12.3 Å². The van der Waals surface area contributed by atoms with Gasteiger partial charge in [0.25, 0.3) is 0 Å². The summed E-state index contributed by atoms with van der Waals surface area (Å²) in [7, 11) is 0. The summed E-state index contributed by atoms with van der Waals surface area (Å²) in [5.74, 6) is 2.76. The Kier molecular flexibility index (Phi) is 5.79. The van der Waals surface area contributed by atoms with Gasteiger partial charge in [-0.25, -0.2) is 0 Å². The lowest BCUT2D eigenvalue weighted by molar-refractivity contribution is -0.247. The van der Waals surface area contributed by atoms with Crippen molar-refractivity contribution in [2.45, 2.75) is 119 Å². The molecule has 0 aliphatic heterocycles. The molecule has 0 aromatic heterocycles. The molecule has 0 aromatic rings. The van der Waals surface area contributed by atoms with Crippen LogP contribution < -0.4 is 0 Å². The second-order valence-corrected chi connectivity index (χ2v) is 15.0. The predicted octanol–water partition coefficient (Wildman–Crippen LogP) is 7.77. The number of fused-ring (bicyclic) bond motifs is 7. The van der Waals surface area contributed by atoms with E-state index in [1.807, 2.05) is 0 Å². The molecule has 0 aromatic carbocycles. The molecule has 196 valence electrons. The molecule has 0 radical (unpaired) electrons. The summed E-state index contributed by atoms with van der Waals surface area (Å²) in [6.45, 7) is 20.8. The minimum atomic E-state index is -0.134. The molecule has 3 heteroatoms. The number of allylic oxidation sites excluding steroid dienone is 1. The van der Waals surface area contributed by atoms with E-state index in [2.05, 4.69) is 48.1 Å². The molecule has 5 aliphatic rings. The lowest BCUT2D eigenvalue weighted by atomic mass is 9.32. The van der Waals surface area contributed by atoms with Crippen LogP contribution in [0.2, 0.25) is 0 Å². The van der Waals surface area contributed by atoms with Crippen LogP contribution in [0, 0.1) is 56.7 Å². The van der Waals surface area contributed by atoms with E-state index in [9.17, 15) is 9.59 Å². The molecular formula is C32H50O3. The highest BCUT2D eigenvalue weighted by Crippen LogP contribution is 2.77. The van der Waals surface area contributed by atoms with Crippen molar-refractivity contribution in [1.29, 1.82) is 0 Å². The Morgan fingerprint density at radius 1 is 0.829 bits per heavy atom. The maximum atomic E-state index is 12.6. The molecule has 5 fully saturated rings. The number of hydrogen-bond donors (Lipinski definition) is 0. The SMILES string of the molecule is C=C(C)[C@@H]1CC[C@]2(C=O)CC[C@]3(C)[C@H](CC[C@H]4[C@@]5(C)CC[C@@H](OC(C)=O)C(C)(C)[C@@H]5CC[C@]43C)[C@H]12. The molecule has 5 rings (SSSR count). The van der Waals surface area contributed by atoms with Gasteiger partial charge in [-0.3, -0.25) is 4.79 Å². The smallest absolute Gasteiger partial charge is 0.302 e. The lowest BCUT2D eigenvalue weighted by Crippen LogP contribution is -2.66. The van der Waals surface area contributed by atoms with E-state index in [0.29, 0.717) is 35.0 Å². The summed E-state index contributed by atoms with van der Waals surface area (Å²) < 4.78 is 5.89. The average molecular weight is 483 g/mol. The predicted molar refractivity (Wildman–Crippen MR) is 141 cm³/mol. The molecule has 0 bridgehead atoms. The second kappa shape index (κ2) is 7.94. The van der Waals surface area contributed by atoms with Gasteiger partial charge in [-0.1, -0.05) is 46.8 Å². The van der Waals surface area contributed by atoms with E-state index in [1.165, 1.54) is 44.0 Å². The second-order valence-electron chi connectivity index (χ2n) is 15.0. The van der Waals surface area contributed by atoms with Gasteiger partial charge >= 0.3 is 5.97 Å². The zero-order chi connectivity index (χ0) is 25.6. The Labute approximate surface area is 214 Å². The first-order valence-corrected chi connectivity index (χ1v) is 14.6. The largest absolute Gasteiger partial charge is 0.462 e. The van der Waals surface area contributed by atoms with Crippen molar-refractivity contribution in [2.24, 2.45) is 56.7 Å². The zero-order valence-corrected chi connectivity index (χ0v) is 23.5. The summed E-state index contributed by atoms with van der Waals surface area (Å²) >= 11 is 0. The maximum absolute atomic E-state index is 12.6. The van der Waals surface area contributed by atoms with E-state index in [4.69, 9.17) is 4.74 Å². The van der Waals surface area contributed by atoms with Crippen LogP contribution in [0.4, 0.5) is 0 Å². The number of carbonyl (C=O) groups excluding carboxylic acids is 2. The van der Waals surface area contributed by atoms with E-state index in [0.717, 1.165) is 32.1 Å². The van der Waals surface area contributed by atoms with Crippen LogP contribution in [0.15, 0.2) is 12.2 Å². The molecule has 0 saturated heterocycles. The highest BCUT2D eigenvalue weighted by Gasteiger charge is 2.71. The number of carbonyl (C=O) groups is 2. The number of aldehydes is 1. The third kappa shape index (κ3) is 3.21. The monoisotopic (exact) mass is 482 g/mol. The highest BCUT2D eigenvalue weighted by atomic mass is 16.5. The Balaban J connectivity index is 1.51. The molecule has 5 saturated carbocycles. The topological polar surface area (TPSA) is 43.4 Å². The van der Waals surface area contributed by atoms with Crippen LogP contribution in [0.1, 0.15) is 113 Å². The molecule has 10 atom stereocenters. The van der Waals surface area contributed by atoms with Crippen molar-refractivity contribution in [2.75, 3.05) is 0 Å². The summed E-state index contributed by atoms with van der Waals surface area (Å²) in [5, 5.41) is 0. The molecular weight excluding hydrogens is 432 g/mol. The number of rotatable bonds is 3. The minimum absolute atomic E-state index is 0.00743. The van der Waals surface area contributed by atoms with Gasteiger partial charge < -0.3 is 9.53 Å². The van der Waals surface area contributed by atoms with Crippen molar-refractivity contribution in [3.8, 4) is 0 Å². The molecule has 0 heterocycles. The van der Waals surface area contributed by atoms with Crippen LogP contribution in [0.3, 0.4) is 0 Å². The summed E-state index contributed by atoms with van der Waals surface area (Å²) in [6.07, 6.45) is 13.1. The molecule has 35 heavy (non-hydrogen) atoms. The Morgan fingerprint density at radius 2 is 1.54 bits per heavy atom. The van der Waals surface area contributed by atoms with E-state index in [1.54, 1.807) is 6.92 Å². The van der Waals surface area contributed by atoms with Crippen LogP contribution in [0.25, 0.3) is 0 Å². The summed E-state index contributed by atoms with van der Waals surface area (Å²) in [6, 6.07) is 0. The van der Waals surface area contributed by atoms with Gasteiger partial charge in [-0.05, 0) is 117 Å². The average Bonchev–Trinajstić information content (AvgIpc) is 3.16. The van der Waals surface area contributed by atoms with E-state index in [-0.39, 0.29) is 33.7 Å². The maximum Gasteiger partial charge on any atom is 0.302 e. The number of ether oxygens (including phenoxy) is 1. The van der Waals surface area contributed by atoms with Crippen LogP contribution in [-0.4, -0.2) is 18.4 Å². The Morgan fingerprint density at radius 3 is 2.17 bits per heavy atom. The Hall–Kier alpha value is -1.12. The third-order valence-electron chi connectivity index (χ3n) is 13.6. The fourth-order valence-electron chi connectivity index (χ4n) is 11.8. The van der Waals surface area contributed by atoms with Gasteiger partial charge in [0.05, 0.1) is 0 Å². The first-order chi connectivity index (χ1) is 16.3. The molecule has 0 unspecified atom stereocenters. The molecule has 3 nitrogen and oxygen atoms in total. The number of esters is 1. The molecule has 5 aliphatic carbocycles. The van der Waals surface area contributed by atoms with Gasteiger partial charge in [0, 0.05) is 17.8 Å². The van der Waals surface area contributed by atoms with E-state index >= 15 is 0 Å². The first kappa shape index (κ1) is 25.5. The zero-order valence-electron chi connectivity index (χ0n) is 23.5. The van der Waals surface area contributed by atoms with E-state index < -0.39 is 0 Å². The van der Waals surface area contributed by atoms with Crippen molar-refractivity contribution in [1.82, 2.24) is 0 Å². The van der Waals surface area contributed by atoms with Crippen molar-refractivity contribution in [3.05, 3.63) is 12.2 Å². The van der Waals surface area contributed by atoms with Crippen molar-refractivity contribution in [3.63, 3.8) is 0 Å². The summed E-state index contributed by atoms with van der Waals surface area (Å²) in [4.78, 5) is 24.5. The van der Waals surface area contributed by atoms with Crippen LogP contribution >= 0.6 is 0 Å². The van der Waals surface area contributed by atoms with Gasteiger partial charge in [0.15, 0.2) is 0 Å². The summed E-state index contributed by atoms with van der Waals surface area (Å²) in [5.41, 5.74) is 2.05. The van der Waals surface area contributed by atoms with Crippen LogP contribution in [0.5, 0.6) is 0 Å². The fourth-order valence-corrected chi connectivity index (χ4v) is 11.8. The third-order valence-corrected chi connectivity index (χ3v) is 13.6. The quantitative estimate of drug-likeness (QED) is 0.234. The van der Waals surface area contributed by atoms with Gasteiger partial charge in [-0.2, -0.15) is 0 Å². The van der Waals surface area contributed by atoms with Gasteiger partial charge in [0.1, 0.15) is 12.4 Å². The Bertz CT molecular complexity index is 920. The van der Waals surface area contributed by atoms with Gasteiger partial charge in [0.2, 0.25) is 0 Å². The molecule has 0 amide bonds. The standard InChI is InChI=1S/C32H50O3/c1-20(2)22-11-16-32(19-33)18-17-30(7)23(27(22)32)9-10-25-29(6)14-13-26(35-21(3)34)28(4,5)24(29)12-15-31(25,30)8/h19,22-27H,1,9-18H2,2-8H3/t22-,23+,24-,25-,26+,27-,29-,30+,31+,32+/m0/s1. The fraction of sp³-hybridized carbons (Fsp3) is 0.875.